The molecule has 3 rings (SSSR count). The number of fused-ring (bicyclic) bond motifs is 2. The zero-order chi connectivity index (χ0) is 9.15. The maximum atomic E-state index is 11.6. The van der Waals surface area contributed by atoms with E-state index in [2.05, 4.69) is 27.7 Å². The minimum Gasteiger partial charge on any atom is -0.299 e. The van der Waals surface area contributed by atoms with Gasteiger partial charge in [0.25, 0.3) is 0 Å². The van der Waals surface area contributed by atoms with Gasteiger partial charge in [0.05, 0.1) is 0 Å². The molecule has 1 heteroatoms. The largest absolute Gasteiger partial charge is 0.299 e. The number of hydrogen-bond donors (Lipinski definition) is 0. The van der Waals surface area contributed by atoms with Gasteiger partial charge in [0.1, 0.15) is 5.78 Å². The summed E-state index contributed by atoms with van der Waals surface area (Å²) in [6, 6.07) is 0. The van der Waals surface area contributed by atoms with Crippen molar-refractivity contribution >= 4 is 5.78 Å². The van der Waals surface area contributed by atoms with Crippen molar-refractivity contribution in [2.45, 2.75) is 40.5 Å². The van der Waals surface area contributed by atoms with E-state index in [1.807, 2.05) is 0 Å². The molecule has 0 aliphatic heterocycles. The monoisotopic (exact) mass is 166 g/mol. The molecule has 0 heterocycles. The van der Waals surface area contributed by atoms with Crippen LogP contribution in [0.3, 0.4) is 0 Å². The van der Waals surface area contributed by atoms with Gasteiger partial charge in [-0.3, -0.25) is 4.79 Å². The third-order valence-corrected chi connectivity index (χ3v) is 4.49. The molecule has 0 spiro atoms. The van der Waals surface area contributed by atoms with Gasteiger partial charge < -0.3 is 0 Å². The Morgan fingerprint density at radius 3 is 2.17 bits per heavy atom. The predicted octanol–water partition coefficient (Wildman–Crippen LogP) is 2.65. The van der Waals surface area contributed by atoms with E-state index < -0.39 is 0 Å². The molecule has 0 aromatic rings. The predicted molar refractivity (Wildman–Crippen MR) is 48.8 cm³/mol. The van der Waals surface area contributed by atoms with Crippen molar-refractivity contribution in [2.24, 2.45) is 22.7 Å². The van der Waals surface area contributed by atoms with E-state index in [9.17, 15) is 4.79 Å². The van der Waals surface area contributed by atoms with Crippen molar-refractivity contribution in [3.05, 3.63) is 0 Å². The topological polar surface area (TPSA) is 17.1 Å². The highest BCUT2D eigenvalue weighted by Crippen LogP contribution is 2.64. The Labute approximate surface area is 74.5 Å². The van der Waals surface area contributed by atoms with Crippen LogP contribution in [-0.4, -0.2) is 5.78 Å². The van der Waals surface area contributed by atoms with Gasteiger partial charge in [0.15, 0.2) is 0 Å². The zero-order valence-electron chi connectivity index (χ0n) is 8.48. The van der Waals surface area contributed by atoms with Gasteiger partial charge in [0.2, 0.25) is 0 Å². The molecule has 68 valence electrons. The molecule has 3 saturated carbocycles. The van der Waals surface area contributed by atoms with E-state index in [4.69, 9.17) is 0 Å². The Morgan fingerprint density at radius 2 is 1.83 bits per heavy atom. The summed E-state index contributed by atoms with van der Waals surface area (Å²) >= 11 is 0. The molecule has 3 aliphatic carbocycles. The summed E-state index contributed by atoms with van der Waals surface area (Å²) in [6.45, 7) is 8.88. The number of carbonyl (C=O) groups excluding carboxylic acids is 1. The van der Waals surface area contributed by atoms with Crippen molar-refractivity contribution < 1.29 is 4.79 Å². The standard InChI is InChI=1S/C11H18O/c1-10(2)7-5-8(10)11(3,4)9(12)6-7/h7-8H,5-6H2,1-4H3. The highest BCUT2D eigenvalue weighted by Gasteiger charge is 2.61. The van der Waals surface area contributed by atoms with Crippen LogP contribution in [0.4, 0.5) is 0 Å². The van der Waals surface area contributed by atoms with Gasteiger partial charge in [0, 0.05) is 11.8 Å². The van der Waals surface area contributed by atoms with Crippen molar-refractivity contribution in [1.82, 2.24) is 0 Å². The van der Waals surface area contributed by atoms with Crippen molar-refractivity contribution in [1.29, 1.82) is 0 Å². The summed E-state index contributed by atoms with van der Waals surface area (Å²) in [5, 5.41) is 0. The Hall–Kier alpha value is -0.330. The van der Waals surface area contributed by atoms with E-state index in [0.29, 0.717) is 23.0 Å². The SMILES string of the molecule is CC1(C)C(=O)CC2CC1C2(C)C. The quantitative estimate of drug-likeness (QED) is 0.540. The van der Waals surface area contributed by atoms with Crippen molar-refractivity contribution in [2.75, 3.05) is 0 Å². The lowest BCUT2D eigenvalue weighted by Gasteiger charge is -2.62. The Morgan fingerprint density at radius 1 is 1.25 bits per heavy atom. The average molecular weight is 166 g/mol. The molecule has 0 N–H and O–H groups in total. The fourth-order valence-electron chi connectivity index (χ4n) is 3.27. The molecular weight excluding hydrogens is 148 g/mol. The van der Waals surface area contributed by atoms with Gasteiger partial charge in [-0.05, 0) is 23.7 Å². The summed E-state index contributed by atoms with van der Waals surface area (Å²) < 4.78 is 0. The highest BCUT2D eigenvalue weighted by atomic mass is 16.1. The van der Waals surface area contributed by atoms with Crippen molar-refractivity contribution in [3.63, 3.8) is 0 Å². The minimum atomic E-state index is -0.0434. The normalized spacial score (nSPS) is 42.2. The second-order valence-corrected chi connectivity index (χ2v) is 5.66. The molecule has 0 amide bonds. The van der Waals surface area contributed by atoms with Gasteiger partial charge in [-0.2, -0.15) is 0 Å². The van der Waals surface area contributed by atoms with E-state index in [-0.39, 0.29) is 5.41 Å². The summed E-state index contributed by atoms with van der Waals surface area (Å²) in [4.78, 5) is 11.6. The smallest absolute Gasteiger partial charge is 0.139 e. The molecule has 0 saturated heterocycles. The third kappa shape index (κ3) is 0.725. The van der Waals surface area contributed by atoms with Crippen LogP contribution >= 0.6 is 0 Å². The number of carbonyl (C=O) groups is 1. The molecule has 0 aromatic carbocycles. The van der Waals surface area contributed by atoms with Crippen LogP contribution in [0.5, 0.6) is 0 Å². The van der Waals surface area contributed by atoms with Crippen LogP contribution in [0.15, 0.2) is 0 Å². The molecule has 3 fully saturated rings. The van der Waals surface area contributed by atoms with E-state index in [0.717, 1.165) is 6.42 Å². The third-order valence-electron chi connectivity index (χ3n) is 4.49. The van der Waals surface area contributed by atoms with E-state index >= 15 is 0 Å². The summed E-state index contributed by atoms with van der Waals surface area (Å²) in [6.07, 6.45) is 2.11. The lowest BCUT2D eigenvalue weighted by molar-refractivity contribution is -0.170. The molecular formula is C11H18O. The molecule has 0 radical (unpaired) electrons. The second kappa shape index (κ2) is 1.94. The Kier molecular flexibility index (Phi) is 1.34. The molecule has 3 aliphatic rings. The fourth-order valence-corrected chi connectivity index (χ4v) is 3.27. The van der Waals surface area contributed by atoms with E-state index in [1.165, 1.54) is 6.42 Å². The van der Waals surface area contributed by atoms with Gasteiger partial charge in [-0.25, -0.2) is 0 Å². The first-order chi connectivity index (χ1) is 5.37. The summed E-state index contributed by atoms with van der Waals surface area (Å²) in [7, 11) is 0. The lowest BCUT2D eigenvalue weighted by Crippen LogP contribution is -2.59. The fraction of sp³-hybridized carbons (Fsp3) is 0.909. The summed E-state index contributed by atoms with van der Waals surface area (Å²) in [5.41, 5.74) is 0.385. The highest BCUT2D eigenvalue weighted by molar-refractivity contribution is 5.86. The zero-order valence-corrected chi connectivity index (χ0v) is 8.48. The van der Waals surface area contributed by atoms with Crippen LogP contribution in [0, 0.1) is 22.7 Å². The molecule has 2 bridgehead atoms. The number of hydrogen-bond acceptors (Lipinski definition) is 1. The summed E-state index contributed by atoms with van der Waals surface area (Å²) in [5.74, 6) is 1.81. The molecule has 2 atom stereocenters. The van der Waals surface area contributed by atoms with Gasteiger partial charge in [-0.1, -0.05) is 27.7 Å². The molecule has 2 unspecified atom stereocenters. The average Bonchev–Trinajstić information content (AvgIpc) is 1.93. The van der Waals surface area contributed by atoms with Crippen LogP contribution in [0.25, 0.3) is 0 Å². The first kappa shape index (κ1) is 8.28. The van der Waals surface area contributed by atoms with Gasteiger partial charge in [-0.15, -0.1) is 0 Å². The Bertz CT molecular complexity index is 237. The van der Waals surface area contributed by atoms with Crippen LogP contribution in [-0.2, 0) is 4.79 Å². The van der Waals surface area contributed by atoms with E-state index in [1.54, 1.807) is 0 Å². The van der Waals surface area contributed by atoms with Crippen LogP contribution in [0.2, 0.25) is 0 Å². The van der Waals surface area contributed by atoms with Crippen molar-refractivity contribution in [3.8, 4) is 0 Å². The maximum Gasteiger partial charge on any atom is 0.139 e. The lowest BCUT2D eigenvalue weighted by atomic mass is 9.41. The molecule has 0 aromatic heterocycles. The Balaban J connectivity index is 2.33. The number of rotatable bonds is 0. The van der Waals surface area contributed by atoms with Crippen LogP contribution in [0.1, 0.15) is 40.5 Å². The first-order valence-corrected chi connectivity index (χ1v) is 4.90. The number of Topliss-reactive ketones (excluding diaryl/α,β-unsaturated/α-hetero) is 1. The second-order valence-electron chi connectivity index (χ2n) is 5.66. The molecule has 12 heavy (non-hydrogen) atoms. The van der Waals surface area contributed by atoms with Gasteiger partial charge >= 0.3 is 0 Å². The van der Waals surface area contributed by atoms with Crippen LogP contribution < -0.4 is 0 Å². The number of ketones is 1. The maximum absolute atomic E-state index is 11.6. The first-order valence-electron chi connectivity index (χ1n) is 4.90. The molecule has 1 nitrogen and oxygen atoms in total. The minimum absolute atomic E-state index is 0.0434.